The molecule has 1 aliphatic rings. The van der Waals surface area contributed by atoms with Crippen molar-refractivity contribution in [2.75, 3.05) is 19.0 Å². The van der Waals surface area contributed by atoms with Crippen LogP contribution in [0.3, 0.4) is 0 Å². The van der Waals surface area contributed by atoms with Gasteiger partial charge in [0.2, 0.25) is 5.95 Å². The number of rotatable bonds is 4. The molecule has 0 atom stereocenters. The summed E-state index contributed by atoms with van der Waals surface area (Å²) in [5, 5.41) is 11.6. The van der Waals surface area contributed by atoms with E-state index in [1.165, 1.54) is 15.7 Å². The smallest absolute Gasteiger partial charge is 0.407 e. The number of fused-ring (bicyclic) bond motifs is 1. The predicted molar refractivity (Wildman–Crippen MR) is 115 cm³/mol. The summed E-state index contributed by atoms with van der Waals surface area (Å²) in [6.07, 6.45) is 4.55. The number of aromatic nitrogens is 2. The molecule has 0 saturated heterocycles. The first-order valence-corrected chi connectivity index (χ1v) is 10.0. The molecule has 1 heterocycles. The first-order chi connectivity index (χ1) is 14.0. The minimum atomic E-state index is -0.853. The van der Waals surface area contributed by atoms with Crippen molar-refractivity contribution < 1.29 is 9.90 Å². The molecule has 1 amide bonds. The summed E-state index contributed by atoms with van der Waals surface area (Å²) in [7, 11) is 3.69. The van der Waals surface area contributed by atoms with Gasteiger partial charge in [-0.25, -0.2) is 14.8 Å². The van der Waals surface area contributed by atoms with Crippen molar-refractivity contribution in [2.24, 2.45) is 0 Å². The molecule has 0 unspecified atom stereocenters. The van der Waals surface area contributed by atoms with Crippen molar-refractivity contribution in [2.45, 2.75) is 37.8 Å². The molecule has 1 N–H and O–H groups in total. The third-order valence-corrected chi connectivity index (χ3v) is 6.07. The highest BCUT2D eigenvalue weighted by Gasteiger charge is 2.29. The molecule has 0 spiro atoms. The second-order valence-electron chi connectivity index (χ2n) is 7.77. The molecule has 4 rings (SSSR count). The Kier molecular flexibility index (Phi) is 5.34. The fourth-order valence-electron chi connectivity index (χ4n) is 4.18. The first-order valence-electron chi connectivity index (χ1n) is 10.0. The minimum absolute atomic E-state index is 0.0991. The molecule has 1 aliphatic carbocycles. The van der Waals surface area contributed by atoms with Gasteiger partial charge >= 0.3 is 6.09 Å². The van der Waals surface area contributed by atoms with E-state index in [0.717, 1.165) is 36.9 Å². The van der Waals surface area contributed by atoms with Gasteiger partial charge in [-0.1, -0.05) is 36.4 Å². The Morgan fingerprint density at radius 2 is 1.66 bits per heavy atom. The van der Waals surface area contributed by atoms with E-state index in [1.807, 2.05) is 31.4 Å². The van der Waals surface area contributed by atoms with Crippen LogP contribution in [0.15, 0.2) is 54.7 Å². The predicted octanol–water partition coefficient (Wildman–Crippen LogP) is 4.65. The summed E-state index contributed by atoms with van der Waals surface area (Å²) in [6, 6.07) is 17.1. The third-order valence-electron chi connectivity index (χ3n) is 6.07. The van der Waals surface area contributed by atoms with Crippen molar-refractivity contribution in [1.82, 2.24) is 14.9 Å². The van der Waals surface area contributed by atoms with Crippen LogP contribution >= 0.6 is 0 Å². The van der Waals surface area contributed by atoms with Crippen LogP contribution in [-0.4, -0.2) is 52.2 Å². The highest BCUT2D eigenvalue weighted by Crippen LogP contribution is 2.29. The van der Waals surface area contributed by atoms with E-state index in [-0.39, 0.29) is 6.04 Å². The Morgan fingerprint density at radius 3 is 2.38 bits per heavy atom. The van der Waals surface area contributed by atoms with Gasteiger partial charge in [0.25, 0.3) is 0 Å². The van der Waals surface area contributed by atoms with Crippen molar-refractivity contribution in [3.63, 3.8) is 0 Å². The molecule has 0 bridgehead atoms. The number of carboxylic acid groups (broad SMARTS) is 1. The van der Waals surface area contributed by atoms with Gasteiger partial charge in [0.1, 0.15) is 0 Å². The van der Waals surface area contributed by atoms with Crippen molar-refractivity contribution >= 4 is 22.8 Å². The Labute approximate surface area is 170 Å². The largest absolute Gasteiger partial charge is 0.465 e. The molecule has 150 valence electrons. The van der Waals surface area contributed by atoms with E-state index in [9.17, 15) is 9.90 Å². The van der Waals surface area contributed by atoms with Gasteiger partial charge in [-0.2, -0.15) is 0 Å². The molecule has 1 saturated carbocycles. The lowest BCUT2D eigenvalue weighted by Gasteiger charge is -2.37. The lowest BCUT2D eigenvalue weighted by molar-refractivity contribution is 0.124. The molecule has 0 radical (unpaired) electrons. The second kappa shape index (κ2) is 8.07. The zero-order valence-corrected chi connectivity index (χ0v) is 16.8. The van der Waals surface area contributed by atoms with Crippen LogP contribution < -0.4 is 4.90 Å². The third kappa shape index (κ3) is 4.01. The monoisotopic (exact) mass is 390 g/mol. The van der Waals surface area contributed by atoms with Gasteiger partial charge in [-0.15, -0.1) is 0 Å². The molecular formula is C23H26N4O2. The van der Waals surface area contributed by atoms with Gasteiger partial charge in [-0.05, 0) is 48.6 Å². The molecule has 6 heteroatoms. The van der Waals surface area contributed by atoms with E-state index < -0.39 is 6.09 Å². The van der Waals surface area contributed by atoms with Crippen LogP contribution in [0.4, 0.5) is 10.7 Å². The van der Waals surface area contributed by atoms with Crippen LogP contribution in [0.5, 0.6) is 0 Å². The quantitative estimate of drug-likeness (QED) is 0.702. The lowest BCUT2D eigenvalue weighted by Crippen LogP contribution is -2.43. The van der Waals surface area contributed by atoms with Crippen LogP contribution in [0.2, 0.25) is 0 Å². The molecule has 1 aromatic heterocycles. The highest BCUT2D eigenvalue weighted by atomic mass is 16.4. The van der Waals surface area contributed by atoms with E-state index in [1.54, 1.807) is 7.05 Å². The van der Waals surface area contributed by atoms with Crippen LogP contribution in [0.25, 0.3) is 22.0 Å². The molecule has 2 aromatic carbocycles. The number of hydrogen-bond acceptors (Lipinski definition) is 4. The number of hydrogen-bond donors (Lipinski definition) is 1. The van der Waals surface area contributed by atoms with E-state index in [2.05, 4.69) is 40.2 Å². The summed E-state index contributed by atoms with van der Waals surface area (Å²) in [4.78, 5) is 24.1. The summed E-state index contributed by atoms with van der Waals surface area (Å²) in [5.41, 5.74) is 1.99. The van der Waals surface area contributed by atoms with Crippen LogP contribution in [-0.2, 0) is 0 Å². The summed E-state index contributed by atoms with van der Waals surface area (Å²) in [6.45, 7) is 0. The fraction of sp³-hybridized carbons (Fsp3) is 0.348. The number of benzene rings is 2. The van der Waals surface area contributed by atoms with Gasteiger partial charge in [-0.3, -0.25) is 0 Å². The van der Waals surface area contributed by atoms with E-state index in [4.69, 9.17) is 4.98 Å². The fourth-order valence-corrected chi connectivity index (χ4v) is 4.18. The number of anilines is 1. The molecule has 29 heavy (non-hydrogen) atoms. The highest BCUT2D eigenvalue weighted by molar-refractivity contribution is 5.86. The molecule has 3 aromatic rings. The maximum atomic E-state index is 11.2. The van der Waals surface area contributed by atoms with Gasteiger partial charge < -0.3 is 14.9 Å². The summed E-state index contributed by atoms with van der Waals surface area (Å²) >= 11 is 0. The maximum Gasteiger partial charge on any atom is 0.407 e. The number of carbonyl (C=O) groups is 1. The van der Waals surface area contributed by atoms with Crippen molar-refractivity contribution in [3.8, 4) is 11.3 Å². The minimum Gasteiger partial charge on any atom is -0.465 e. The maximum absolute atomic E-state index is 11.2. The average molecular weight is 390 g/mol. The van der Waals surface area contributed by atoms with E-state index >= 15 is 0 Å². The average Bonchev–Trinajstić information content (AvgIpc) is 2.78. The van der Waals surface area contributed by atoms with Crippen molar-refractivity contribution in [1.29, 1.82) is 0 Å². The normalized spacial score (nSPS) is 19.1. The van der Waals surface area contributed by atoms with Gasteiger partial charge in [0, 0.05) is 37.9 Å². The lowest BCUT2D eigenvalue weighted by atomic mass is 9.90. The Balaban J connectivity index is 1.50. The topological polar surface area (TPSA) is 69.6 Å². The van der Waals surface area contributed by atoms with Crippen LogP contribution in [0, 0.1) is 0 Å². The van der Waals surface area contributed by atoms with Gasteiger partial charge in [0.15, 0.2) is 0 Å². The zero-order chi connectivity index (χ0) is 20.4. The molecule has 0 aliphatic heterocycles. The summed E-state index contributed by atoms with van der Waals surface area (Å²) < 4.78 is 0. The van der Waals surface area contributed by atoms with E-state index in [0.29, 0.717) is 12.0 Å². The Morgan fingerprint density at radius 1 is 0.966 bits per heavy atom. The van der Waals surface area contributed by atoms with Gasteiger partial charge in [0.05, 0.1) is 5.69 Å². The SMILES string of the molecule is CN(C(=O)O)C1CCC(N(C)c2nccc(-c3ccc4ccccc4c3)n2)CC1. The van der Waals surface area contributed by atoms with Crippen molar-refractivity contribution in [3.05, 3.63) is 54.7 Å². The Bertz CT molecular complexity index is 1010. The van der Waals surface area contributed by atoms with Crippen LogP contribution in [0.1, 0.15) is 25.7 Å². The molecule has 1 fully saturated rings. The zero-order valence-electron chi connectivity index (χ0n) is 16.8. The standard InChI is InChI=1S/C23H26N4O2/c1-26(19-9-11-20(12-10-19)27(2)23(28)29)22-24-14-13-21(25-22)18-8-7-16-5-3-4-6-17(16)15-18/h3-8,13-15,19-20H,9-12H2,1-2H3,(H,28,29). The number of nitrogens with zero attached hydrogens (tertiary/aromatic N) is 4. The number of amides is 1. The second-order valence-corrected chi connectivity index (χ2v) is 7.77. The molecule has 6 nitrogen and oxygen atoms in total. The summed E-state index contributed by atoms with van der Waals surface area (Å²) in [5.74, 6) is 0.714. The molecular weight excluding hydrogens is 364 g/mol. The Hall–Kier alpha value is -3.15. The first kappa shape index (κ1) is 19.2.